The highest BCUT2D eigenvalue weighted by Crippen LogP contribution is 2.22. The van der Waals surface area contributed by atoms with Crippen LogP contribution < -0.4 is 15.4 Å². The largest absolute Gasteiger partial charge is 0.474 e. The molecule has 128 valence electrons. The Kier molecular flexibility index (Phi) is 6.07. The Balaban J connectivity index is 1.44. The zero-order chi connectivity index (χ0) is 16.6. The van der Waals surface area contributed by atoms with Crippen molar-refractivity contribution in [2.45, 2.75) is 44.9 Å². The summed E-state index contributed by atoms with van der Waals surface area (Å²) in [6, 6.07) is 8.17. The molecule has 1 aliphatic carbocycles. The van der Waals surface area contributed by atoms with Crippen LogP contribution in [0.2, 0.25) is 0 Å². The van der Waals surface area contributed by atoms with E-state index in [2.05, 4.69) is 44.2 Å². The van der Waals surface area contributed by atoms with E-state index in [9.17, 15) is 0 Å². The molecule has 2 heterocycles. The van der Waals surface area contributed by atoms with Crippen molar-refractivity contribution in [1.29, 1.82) is 0 Å². The molecule has 0 aliphatic heterocycles. The average Bonchev–Trinajstić information content (AvgIpc) is 3.30. The predicted octanol–water partition coefficient (Wildman–Crippen LogP) is 3.33. The van der Waals surface area contributed by atoms with Crippen LogP contribution in [0.5, 0.6) is 5.88 Å². The van der Waals surface area contributed by atoms with Gasteiger partial charge in [-0.2, -0.15) is 0 Å². The van der Waals surface area contributed by atoms with Gasteiger partial charge in [0.15, 0.2) is 5.96 Å². The Morgan fingerprint density at radius 3 is 2.75 bits per heavy atom. The minimum absolute atomic E-state index is 0.349. The molecule has 0 aromatic carbocycles. The number of guanidine groups is 1. The van der Waals surface area contributed by atoms with Gasteiger partial charge in [-0.15, -0.1) is 11.3 Å². The van der Waals surface area contributed by atoms with Gasteiger partial charge in [-0.3, -0.25) is 4.99 Å². The Hall–Kier alpha value is -2.08. The topological polar surface area (TPSA) is 58.5 Å². The van der Waals surface area contributed by atoms with Gasteiger partial charge in [0, 0.05) is 30.7 Å². The molecular formula is C18H24N4OS. The maximum atomic E-state index is 5.89. The summed E-state index contributed by atoms with van der Waals surface area (Å²) < 4.78 is 5.89. The molecule has 2 aromatic heterocycles. The summed E-state index contributed by atoms with van der Waals surface area (Å²) >= 11 is 1.74. The van der Waals surface area contributed by atoms with Gasteiger partial charge in [0.1, 0.15) is 6.10 Å². The van der Waals surface area contributed by atoms with Crippen LogP contribution in [0.4, 0.5) is 0 Å². The zero-order valence-corrected chi connectivity index (χ0v) is 14.8. The number of aromatic nitrogens is 1. The molecule has 0 unspecified atom stereocenters. The number of pyridine rings is 1. The Morgan fingerprint density at radius 1 is 1.25 bits per heavy atom. The van der Waals surface area contributed by atoms with E-state index in [1.807, 2.05) is 12.3 Å². The van der Waals surface area contributed by atoms with Crippen molar-refractivity contribution in [2.24, 2.45) is 4.99 Å². The van der Waals surface area contributed by atoms with E-state index < -0.39 is 0 Å². The summed E-state index contributed by atoms with van der Waals surface area (Å²) in [7, 11) is 1.78. The average molecular weight is 344 g/mol. The molecule has 6 heteroatoms. The van der Waals surface area contributed by atoms with E-state index in [0.29, 0.717) is 12.6 Å². The highest BCUT2D eigenvalue weighted by Gasteiger charge is 2.16. The Morgan fingerprint density at radius 2 is 2.08 bits per heavy atom. The van der Waals surface area contributed by atoms with Crippen LogP contribution in [0.25, 0.3) is 0 Å². The molecule has 1 fully saturated rings. The van der Waals surface area contributed by atoms with Gasteiger partial charge in [-0.05, 0) is 42.7 Å². The summed E-state index contributed by atoms with van der Waals surface area (Å²) in [5, 5.41) is 8.69. The van der Waals surface area contributed by atoms with E-state index in [1.165, 1.54) is 17.7 Å². The lowest BCUT2D eigenvalue weighted by molar-refractivity contribution is 0.201. The van der Waals surface area contributed by atoms with Crippen LogP contribution in [0, 0.1) is 0 Å². The molecule has 0 spiro atoms. The second-order valence-electron chi connectivity index (χ2n) is 5.89. The predicted molar refractivity (Wildman–Crippen MR) is 98.5 cm³/mol. The standard InChI is InChI=1S/C18H24N4OS/c1-19-18(22-13-16-7-4-10-24-16)21-12-14-8-9-17(20-11-14)23-15-5-2-3-6-15/h4,7-11,15H,2-3,5-6,12-13H2,1H3,(H2,19,21,22). The minimum Gasteiger partial charge on any atom is -0.474 e. The van der Waals surface area contributed by atoms with Gasteiger partial charge in [0.25, 0.3) is 0 Å². The molecule has 3 rings (SSSR count). The number of ether oxygens (including phenoxy) is 1. The van der Waals surface area contributed by atoms with Crippen LogP contribution in [-0.4, -0.2) is 24.1 Å². The van der Waals surface area contributed by atoms with Gasteiger partial charge in [0.2, 0.25) is 5.88 Å². The molecular weight excluding hydrogens is 320 g/mol. The van der Waals surface area contributed by atoms with E-state index in [4.69, 9.17) is 4.74 Å². The first-order valence-corrected chi connectivity index (χ1v) is 9.30. The molecule has 0 bridgehead atoms. The third kappa shape index (κ3) is 4.96. The van der Waals surface area contributed by atoms with Crippen molar-refractivity contribution in [3.8, 4) is 5.88 Å². The number of hydrogen-bond acceptors (Lipinski definition) is 4. The van der Waals surface area contributed by atoms with Crippen molar-refractivity contribution >= 4 is 17.3 Å². The second kappa shape index (κ2) is 8.68. The van der Waals surface area contributed by atoms with E-state index >= 15 is 0 Å². The van der Waals surface area contributed by atoms with Crippen LogP contribution in [0.3, 0.4) is 0 Å². The van der Waals surface area contributed by atoms with Crippen molar-refractivity contribution in [3.63, 3.8) is 0 Å². The molecule has 1 aliphatic rings. The number of nitrogens with one attached hydrogen (secondary N) is 2. The maximum Gasteiger partial charge on any atom is 0.213 e. The van der Waals surface area contributed by atoms with Crippen LogP contribution >= 0.6 is 11.3 Å². The van der Waals surface area contributed by atoms with Crippen LogP contribution in [-0.2, 0) is 13.1 Å². The lowest BCUT2D eigenvalue weighted by Crippen LogP contribution is -2.36. The molecule has 5 nitrogen and oxygen atoms in total. The van der Waals surface area contributed by atoms with E-state index in [-0.39, 0.29) is 0 Å². The Bertz CT molecular complexity index is 634. The van der Waals surface area contributed by atoms with Crippen molar-refractivity contribution in [2.75, 3.05) is 7.05 Å². The summed E-state index contributed by atoms with van der Waals surface area (Å²) in [6.07, 6.45) is 7.05. The number of thiophene rings is 1. The summed E-state index contributed by atoms with van der Waals surface area (Å²) in [4.78, 5) is 9.94. The van der Waals surface area contributed by atoms with Gasteiger partial charge in [-0.1, -0.05) is 12.1 Å². The molecule has 0 atom stereocenters. The Labute approximate surface area is 147 Å². The first kappa shape index (κ1) is 16.8. The highest BCUT2D eigenvalue weighted by molar-refractivity contribution is 7.09. The zero-order valence-electron chi connectivity index (χ0n) is 14.0. The highest BCUT2D eigenvalue weighted by atomic mass is 32.1. The minimum atomic E-state index is 0.349. The third-order valence-electron chi connectivity index (χ3n) is 4.08. The van der Waals surface area contributed by atoms with Gasteiger partial charge in [0.05, 0.1) is 6.54 Å². The lowest BCUT2D eigenvalue weighted by Gasteiger charge is -2.13. The quantitative estimate of drug-likeness (QED) is 0.623. The molecule has 24 heavy (non-hydrogen) atoms. The van der Waals surface area contributed by atoms with Crippen molar-refractivity contribution in [1.82, 2.24) is 15.6 Å². The molecule has 0 radical (unpaired) electrons. The summed E-state index contributed by atoms with van der Waals surface area (Å²) in [5.41, 5.74) is 1.10. The second-order valence-corrected chi connectivity index (χ2v) is 6.92. The number of aliphatic imine (C=N–C) groups is 1. The molecule has 0 saturated heterocycles. The van der Waals surface area contributed by atoms with Crippen molar-refractivity contribution < 1.29 is 4.74 Å². The molecule has 2 N–H and O–H groups in total. The summed E-state index contributed by atoms with van der Waals surface area (Å²) in [5.74, 6) is 1.51. The maximum absolute atomic E-state index is 5.89. The molecule has 0 amide bonds. The number of nitrogens with zero attached hydrogens (tertiary/aromatic N) is 2. The first-order chi connectivity index (χ1) is 11.8. The fraction of sp³-hybridized carbons (Fsp3) is 0.444. The first-order valence-electron chi connectivity index (χ1n) is 8.42. The smallest absolute Gasteiger partial charge is 0.213 e. The summed E-state index contributed by atoms with van der Waals surface area (Å²) in [6.45, 7) is 1.46. The fourth-order valence-electron chi connectivity index (χ4n) is 2.75. The van der Waals surface area contributed by atoms with Gasteiger partial charge >= 0.3 is 0 Å². The SMILES string of the molecule is CN=C(NCc1ccc(OC2CCCC2)nc1)NCc1cccs1. The van der Waals surface area contributed by atoms with Gasteiger partial charge < -0.3 is 15.4 Å². The normalized spacial score (nSPS) is 15.5. The monoisotopic (exact) mass is 344 g/mol. The van der Waals surface area contributed by atoms with E-state index in [1.54, 1.807) is 18.4 Å². The number of hydrogen-bond donors (Lipinski definition) is 2. The lowest BCUT2D eigenvalue weighted by atomic mass is 10.3. The number of rotatable bonds is 6. The van der Waals surface area contributed by atoms with Gasteiger partial charge in [-0.25, -0.2) is 4.98 Å². The van der Waals surface area contributed by atoms with Crippen molar-refractivity contribution in [3.05, 3.63) is 46.3 Å². The third-order valence-corrected chi connectivity index (χ3v) is 4.96. The van der Waals surface area contributed by atoms with E-state index in [0.717, 1.165) is 36.8 Å². The molecule has 2 aromatic rings. The fourth-order valence-corrected chi connectivity index (χ4v) is 3.40. The van der Waals surface area contributed by atoms with Crippen LogP contribution in [0.1, 0.15) is 36.1 Å². The molecule has 1 saturated carbocycles. The van der Waals surface area contributed by atoms with Crippen LogP contribution in [0.15, 0.2) is 40.8 Å².